The number of nitrogens with one attached hydrogen (secondary N) is 1. The molecule has 0 saturated carbocycles. The Balaban J connectivity index is 1.90. The third-order valence-electron chi connectivity index (χ3n) is 3.13. The maximum Gasteiger partial charge on any atom is 0.246 e. The van der Waals surface area contributed by atoms with Crippen LogP contribution in [0.2, 0.25) is 0 Å². The maximum atomic E-state index is 13.0. The van der Waals surface area contributed by atoms with Crippen LogP contribution in [0.4, 0.5) is 14.5 Å². The van der Waals surface area contributed by atoms with Gasteiger partial charge in [0.05, 0.1) is 6.54 Å². The van der Waals surface area contributed by atoms with E-state index in [1.54, 1.807) is 12.1 Å². The van der Waals surface area contributed by atoms with Crippen molar-refractivity contribution >= 4 is 23.6 Å². The van der Waals surface area contributed by atoms with Crippen LogP contribution in [0.5, 0.6) is 0 Å². The third-order valence-corrected chi connectivity index (χ3v) is 3.13. The molecule has 0 aliphatic rings. The minimum absolute atomic E-state index is 0.192. The predicted molar refractivity (Wildman–Crippen MR) is 88.1 cm³/mol. The molecule has 0 fully saturated rings. The van der Waals surface area contributed by atoms with Crippen LogP contribution in [0.1, 0.15) is 5.56 Å². The number of benzene rings is 2. The Bertz CT molecular complexity index is 775. The van der Waals surface area contributed by atoms with E-state index < -0.39 is 23.4 Å². The van der Waals surface area contributed by atoms with Gasteiger partial charge in [-0.05, 0) is 42.0 Å². The molecule has 0 atom stereocenters. The van der Waals surface area contributed by atoms with Crippen molar-refractivity contribution in [3.63, 3.8) is 0 Å². The predicted octanol–water partition coefficient (Wildman–Crippen LogP) is 3.08. The van der Waals surface area contributed by atoms with Crippen molar-refractivity contribution in [2.24, 2.45) is 0 Å². The lowest BCUT2D eigenvalue weighted by atomic mass is 10.2. The summed E-state index contributed by atoms with van der Waals surface area (Å²) in [7, 11) is 1.46. The number of hydrogen-bond acceptors (Lipinski definition) is 2. The molecule has 0 aromatic heterocycles. The molecule has 124 valence electrons. The van der Waals surface area contributed by atoms with Crippen LogP contribution in [-0.2, 0) is 9.59 Å². The summed E-state index contributed by atoms with van der Waals surface area (Å²) in [5.74, 6) is -1.72. The molecule has 0 aliphatic carbocycles. The molecule has 0 unspecified atom stereocenters. The van der Waals surface area contributed by atoms with E-state index in [9.17, 15) is 18.4 Å². The molecule has 24 heavy (non-hydrogen) atoms. The summed E-state index contributed by atoms with van der Waals surface area (Å²) in [6.07, 6.45) is 2.72. The smallest absolute Gasteiger partial charge is 0.246 e. The summed E-state index contributed by atoms with van der Waals surface area (Å²) in [5, 5.41) is 2.50. The molecule has 0 heterocycles. The van der Waals surface area contributed by atoms with Crippen molar-refractivity contribution in [1.82, 2.24) is 4.90 Å². The Hall–Kier alpha value is -3.02. The van der Waals surface area contributed by atoms with Crippen molar-refractivity contribution in [2.75, 3.05) is 18.9 Å². The monoisotopic (exact) mass is 330 g/mol. The van der Waals surface area contributed by atoms with E-state index in [-0.39, 0.29) is 6.54 Å². The normalized spacial score (nSPS) is 10.6. The van der Waals surface area contributed by atoms with Gasteiger partial charge in [-0.3, -0.25) is 9.59 Å². The number of anilines is 1. The van der Waals surface area contributed by atoms with E-state index in [2.05, 4.69) is 5.32 Å². The average Bonchev–Trinajstić information content (AvgIpc) is 2.52. The van der Waals surface area contributed by atoms with Crippen molar-refractivity contribution in [1.29, 1.82) is 0 Å². The fourth-order valence-corrected chi connectivity index (χ4v) is 1.97. The van der Waals surface area contributed by atoms with E-state index in [1.165, 1.54) is 60.5 Å². The second-order valence-electron chi connectivity index (χ2n) is 5.14. The van der Waals surface area contributed by atoms with Crippen LogP contribution in [0.15, 0.2) is 54.6 Å². The van der Waals surface area contributed by atoms with Gasteiger partial charge in [-0.25, -0.2) is 8.78 Å². The highest BCUT2D eigenvalue weighted by Gasteiger charge is 2.11. The minimum atomic E-state index is -0.463. The topological polar surface area (TPSA) is 49.4 Å². The Labute approximate surface area is 138 Å². The summed E-state index contributed by atoms with van der Waals surface area (Å²) in [5.41, 5.74) is 0.858. The SMILES string of the molecule is CN(CC(=O)Nc1cccc(F)c1)C(=O)/C=C/c1cccc(F)c1. The molecule has 4 nitrogen and oxygen atoms in total. The van der Waals surface area contributed by atoms with Gasteiger partial charge < -0.3 is 10.2 Å². The van der Waals surface area contributed by atoms with Crippen molar-refractivity contribution < 1.29 is 18.4 Å². The van der Waals surface area contributed by atoms with Crippen molar-refractivity contribution in [2.45, 2.75) is 0 Å². The van der Waals surface area contributed by atoms with Gasteiger partial charge in [-0.2, -0.15) is 0 Å². The number of carbonyl (C=O) groups excluding carboxylic acids is 2. The van der Waals surface area contributed by atoms with Crippen molar-refractivity contribution in [3.05, 3.63) is 71.8 Å². The van der Waals surface area contributed by atoms with Gasteiger partial charge >= 0.3 is 0 Å². The average molecular weight is 330 g/mol. The van der Waals surface area contributed by atoms with E-state index in [0.717, 1.165) is 0 Å². The Morgan fingerprint density at radius 1 is 1.08 bits per heavy atom. The van der Waals surface area contributed by atoms with Gasteiger partial charge in [0.1, 0.15) is 11.6 Å². The number of rotatable bonds is 5. The number of nitrogens with zero attached hydrogens (tertiary/aromatic N) is 1. The van der Waals surface area contributed by atoms with Gasteiger partial charge in [0.25, 0.3) is 0 Å². The number of halogens is 2. The molecule has 0 bridgehead atoms. The highest BCUT2D eigenvalue weighted by Crippen LogP contribution is 2.09. The second kappa shape index (κ2) is 8.01. The second-order valence-corrected chi connectivity index (χ2v) is 5.14. The van der Waals surface area contributed by atoms with E-state index in [1.807, 2.05) is 0 Å². The van der Waals surface area contributed by atoms with E-state index in [4.69, 9.17) is 0 Å². The summed E-state index contributed by atoms with van der Waals surface area (Å²) < 4.78 is 26.1. The molecular weight excluding hydrogens is 314 g/mol. The Morgan fingerprint density at radius 3 is 2.42 bits per heavy atom. The van der Waals surface area contributed by atoms with Crippen LogP contribution in [-0.4, -0.2) is 30.3 Å². The first-order chi connectivity index (χ1) is 11.4. The van der Waals surface area contributed by atoms with E-state index >= 15 is 0 Å². The van der Waals surface area contributed by atoms with Crippen LogP contribution in [0.3, 0.4) is 0 Å². The highest BCUT2D eigenvalue weighted by atomic mass is 19.1. The van der Waals surface area contributed by atoms with Gasteiger partial charge in [-0.15, -0.1) is 0 Å². The van der Waals surface area contributed by atoms with Crippen molar-refractivity contribution in [3.8, 4) is 0 Å². The van der Waals surface area contributed by atoms with Gasteiger partial charge in [0, 0.05) is 18.8 Å². The Morgan fingerprint density at radius 2 is 1.75 bits per heavy atom. The minimum Gasteiger partial charge on any atom is -0.333 e. The molecule has 1 N–H and O–H groups in total. The summed E-state index contributed by atoms with van der Waals surface area (Å²) in [6.45, 7) is -0.192. The maximum absolute atomic E-state index is 13.0. The highest BCUT2D eigenvalue weighted by molar-refractivity contribution is 5.97. The Kier molecular flexibility index (Phi) is 5.78. The first-order valence-corrected chi connectivity index (χ1v) is 7.18. The number of likely N-dealkylation sites (N-methyl/N-ethyl adjacent to an activating group) is 1. The molecule has 2 rings (SSSR count). The first-order valence-electron chi connectivity index (χ1n) is 7.18. The van der Waals surface area contributed by atoms with Gasteiger partial charge in [0.15, 0.2) is 0 Å². The zero-order chi connectivity index (χ0) is 17.5. The molecule has 0 saturated heterocycles. The molecule has 2 aromatic carbocycles. The van der Waals surface area contributed by atoms with Crippen LogP contribution in [0, 0.1) is 11.6 Å². The standard InChI is InChI=1S/C18H16F2N2O2/c1-22(12-17(23)21-16-7-3-6-15(20)11-16)18(24)9-8-13-4-2-5-14(19)10-13/h2-11H,12H2,1H3,(H,21,23)/b9-8+. The molecule has 2 aromatic rings. The zero-order valence-electron chi connectivity index (χ0n) is 13.0. The van der Waals surface area contributed by atoms with Crippen LogP contribution >= 0.6 is 0 Å². The zero-order valence-corrected chi connectivity index (χ0v) is 13.0. The molecule has 2 amide bonds. The largest absolute Gasteiger partial charge is 0.333 e. The van der Waals surface area contributed by atoms with E-state index in [0.29, 0.717) is 11.3 Å². The van der Waals surface area contributed by atoms with Crippen LogP contribution in [0.25, 0.3) is 6.08 Å². The molecule has 0 spiro atoms. The van der Waals surface area contributed by atoms with Gasteiger partial charge in [-0.1, -0.05) is 18.2 Å². The number of amides is 2. The molecule has 6 heteroatoms. The molecular formula is C18H16F2N2O2. The lowest BCUT2D eigenvalue weighted by Gasteiger charge is -2.14. The number of hydrogen-bond donors (Lipinski definition) is 1. The fourth-order valence-electron chi connectivity index (χ4n) is 1.97. The lowest BCUT2D eigenvalue weighted by Crippen LogP contribution is -2.33. The molecule has 0 radical (unpaired) electrons. The number of carbonyl (C=O) groups is 2. The lowest BCUT2D eigenvalue weighted by molar-refractivity contribution is -0.129. The van der Waals surface area contributed by atoms with Crippen LogP contribution < -0.4 is 5.32 Å². The summed E-state index contributed by atoms with van der Waals surface area (Å²) >= 11 is 0. The molecule has 0 aliphatic heterocycles. The third kappa shape index (κ3) is 5.31. The quantitative estimate of drug-likeness (QED) is 0.857. The summed E-state index contributed by atoms with van der Waals surface area (Å²) in [4.78, 5) is 25.0. The summed E-state index contributed by atoms with van der Waals surface area (Å²) in [6, 6.07) is 11.3. The van der Waals surface area contributed by atoms with Gasteiger partial charge in [0.2, 0.25) is 11.8 Å². The first kappa shape index (κ1) is 17.3. The fraction of sp³-hybridized carbons (Fsp3) is 0.111.